The van der Waals surface area contributed by atoms with Crippen LogP contribution in [-0.4, -0.2) is 6.18 Å². The second kappa shape index (κ2) is 3.28. The Morgan fingerprint density at radius 1 is 1.14 bits per heavy atom. The van der Waals surface area contributed by atoms with Crippen LogP contribution in [0.25, 0.3) is 0 Å². The smallest absolute Gasteiger partial charge is 0.314 e. The zero-order valence-electron chi connectivity index (χ0n) is 8.02. The van der Waals surface area contributed by atoms with Crippen LogP contribution in [0.5, 0.6) is 0 Å². The van der Waals surface area contributed by atoms with Crippen LogP contribution in [0.2, 0.25) is 0 Å². The standard InChI is InChI=1S/C10H12F3N/c1-7-5-3-4-6-8(7)9(2,14)10(11,12)13/h3-6H,14H2,1-2H3/t9-/m1/s1. The van der Waals surface area contributed by atoms with Gasteiger partial charge in [0.05, 0.1) is 0 Å². The second-order valence-corrected chi connectivity index (χ2v) is 3.52. The predicted octanol–water partition coefficient (Wildman–Crippen LogP) is 2.73. The van der Waals surface area contributed by atoms with Crippen molar-refractivity contribution in [1.82, 2.24) is 0 Å². The Bertz CT molecular complexity index is 328. The first-order valence-corrected chi connectivity index (χ1v) is 4.18. The van der Waals surface area contributed by atoms with Gasteiger partial charge in [-0.15, -0.1) is 0 Å². The number of alkyl halides is 3. The van der Waals surface area contributed by atoms with Gasteiger partial charge in [0.15, 0.2) is 0 Å². The van der Waals surface area contributed by atoms with Crippen LogP contribution in [0.3, 0.4) is 0 Å². The first-order valence-electron chi connectivity index (χ1n) is 4.18. The lowest BCUT2D eigenvalue weighted by Crippen LogP contribution is -2.48. The maximum atomic E-state index is 12.6. The molecule has 0 bridgehead atoms. The highest BCUT2D eigenvalue weighted by Crippen LogP contribution is 2.37. The summed E-state index contributed by atoms with van der Waals surface area (Å²) in [4.78, 5) is 0. The molecule has 2 N–H and O–H groups in total. The molecule has 1 atom stereocenters. The van der Waals surface area contributed by atoms with Crippen molar-refractivity contribution in [2.75, 3.05) is 0 Å². The summed E-state index contributed by atoms with van der Waals surface area (Å²) < 4.78 is 37.7. The minimum atomic E-state index is -4.43. The fourth-order valence-corrected chi connectivity index (χ4v) is 1.31. The summed E-state index contributed by atoms with van der Waals surface area (Å²) in [5, 5.41) is 0. The molecular formula is C10H12F3N. The van der Waals surface area contributed by atoms with Crippen molar-refractivity contribution >= 4 is 0 Å². The van der Waals surface area contributed by atoms with E-state index in [1.807, 2.05) is 0 Å². The number of hydrogen-bond donors (Lipinski definition) is 1. The van der Waals surface area contributed by atoms with Crippen molar-refractivity contribution in [3.05, 3.63) is 35.4 Å². The van der Waals surface area contributed by atoms with E-state index < -0.39 is 11.7 Å². The molecule has 0 heterocycles. The Morgan fingerprint density at radius 3 is 2.07 bits per heavy atom. The van der Waals surface area contributed by atoms with Gasteiger partial charge in [0.1, 0.15) is 5.54 Å². The highest BCUT2D eigenvalue weighted by atomic mass is 19.4. The van der Waals surface area contributed by atoms with Crippen LogP contribution in [0.4, 0.5) is 13.2 Å². The molecule has 1 rings (SSSR count). The van der Waals surface area contributed by atoms with Gasteiger partial charge >= 0.3 is 6.18 Å². The van der Waals surface area contributed by atoms with Gasteiger partial charge in [-0.25, -0.2) is 0 Å². The molecule has 0 fully saturated rings. The maximum Gasteiger partial charge on any atom is 0.410 e. The largest absolute Gasteiger partial charge is 0.410 e. The normalized spacial score (nSPS) is 16.4. The molecular weight excluding hydrogens is 191 g/mol. The van der Waals surface area contributed by atoms with E-state index in [9.17, 15) is 13.2 Å². The van der Waals surface area contributed by atoms with Gasteiger partial charge in [-0.3, -0.25) is 0 Å². The summed E-state index contributed by atoms with van der Waals surface area (Å²) in [6.45, 7) is 2.60. The molecule has 78 valence electrons. The number of benzene rings is 1. The SMILES string of the molecule is Cc1ccccc1[C@@](C)(N)C(F)(F)F. The van der Waals surface area contributed by atoms with Gasteiger partial charge < -0.3 is 5.73 Å². The zero-order valence-corrected chi connectivity index (χ0v) is 8.02. The third kappa shape index (κ3) is 1.75. The number of hydrogen-bond acceptors (Lipinski definition) is 1. The van der Waals surface area contributed by atoms with E-state index in [4.69, 9.17) is 5.73 Å². The van der Waals surface area contributed by atoms with E-state index in [2.05, 4.69) is 0 Å². The van der Waals surface area contributed by atoms with Crippen LogP contribution >= 0.6 is 0 Å². The van der Waals surface area contributed by atoms with Crippen LogP contribution in [0, 0.1) is 6.92 Å². The summed E-state index contributed by atoms with van der Waals surface area (Å²) in [5.41, 5.74) is 3.68. The number of halogens is 3. The molecule has 0 aliphatic heterocycles. The first kappa shape index (κ1) is 11.0. The second-order valence-electron chi connectivity index (χ2n) is 3.52. The topological polar surface area (TPSA) is 26.0 Å². The van der Waals surface area contributed by atoms with Crippen LogP contribution in [0.1, 0.15) is 18.1 Å². The van der Waals surface area contributed by atoms with Crippen molar-refractivity contribution in [1.29, 1.82) is 0 Å². The van der Waals surface area contributed by atoms with E-state index in [0.717, 1.165) is 6.92 Å². The quantitative estimate of drug-likeness (QED) is 0.746. The Balaban J connectivity index is 3.23. The average molecular weight is 203 g/mol. The summed E-state index contributed by atoms with van der Waals surface area (Å²) in [7, 11) is 0. The molecule has 0 aliphatic carbocycles. The highest BCUT2D eigenvalue weighted by Gasteiger charge is 2.49. The predicted molar refractivity (Wildman–Crippen MR) is 48.8 cm³/mol. The van der Waals surface area contributed by atoms with Crippen LogP contribution in [-0.2, 0) is 5.54 Å². The monoisotopic (exact) mass is 203 g/mol. The van der Waals surface area contributed by atoms with Gasteiger partial charge in [-0.05, 0) is 25.0 Å². The van der Waals surface area contributed by atoms with Gasteiger partial charge in [0.25, 0.3) is 0 Å². The van der Waals surface area contributed by atoms with E-state index >= 15 is 0 Å². The molecule has 0 spiro atoms. The summed E-state index contributed by atoms with van der Waals surface area (Å²) in [5.74, 6) is 0. The molecule has 1 nitrogen and oxygen atoms in total. The number of aryl methyl sites for hydroxylation is 1. The van der Waals surface area contributed by atoms with Gasteiger partial charge in [0.2, 0.25) is 0 Å². The molecule has 0 aromatic heterocycles. The fraction of sp³-hybridized carbons (Fsp3) is 0.400. The molecule has 0 amide bonds. The van der Waals surface area contributed by atoms with Gasteiger partial charge in [-0.2, -0.15) is 13.2 Å². The lowest BCUT2D eigenvalue weighted by molar-refractivity contribution is -0.184. The van der Waals surface area contributed by atoms with Crippen LogP contribution < -0.4 is 5.73 Å². The summed E-state index contributed by atoms with van der Waals surface area (Å²) in [6, 6.07) is 6.26. The van der Waals surface area contributed by atoms with Crippen molar-refractivity contribution in [2.45, 2.75) is 25.6 Å². The van der Waals surface area contributed by atoms with Crippen molar-refractivity contribution in [2.24, 2.45) is 5.73 Å². The molecule has 0 unspecified atom stereocenters. The Labute approximate surface area is 80.7 Å². The van der Waals surface area contributed by atoms with Gasteiger partial charge in [0, 0.05) is 0 Å². The lowest BCUT2D eigenvalue weighted by atomic mass is 9.89. The minimum Gasteiger partial charge on any atom is -0.314 e. The number of nitrogens with two attached hydrogens (primary N) is 1. The maximum absolute atomic E-state index is 12.6. The summed E-state index contributed by atoms with van der Waals surface area (Å²) >= 11 is 0. The van der Waals surface area contributed by atoms with E-state index in [0.29, 0.717) is 5.56 Å². The highest BCUT2D eigenvalue weighted by molar-refractivity contribution is 5.33. The van der Waals surface area contributed by atoms with E-state index in [-0.39, 0.29) is 5.56 Å². The third-order valence-electron chi connectivity index (χ3n) is 2.29. The number of rotatable bonds is 1. The molecule has 0 saturated carbocycles. The Hall–Kier alpha value is -1.03. The Kier molecular flexibility index (Phi) is 2.58. The lowest BCUT2D eigenvalue weighted by Gasteiger charge is -2.29. The third-order valence-corrected chi connectivity index (χ3v) is 2.29. The van der Waals surface area contributed by atoms with E-state index in [1.165, 1.54) is 6.07 Å². The molecule has 1 aromatic carbocycles. The molecule has 1 aromatic rings. The van der Waals surface area contributed by atoms with E-state index in [1.54, 1.807) is 25.1 Å². The molecule has 0 saturated heterocycles. The molecule has 4 heteroatoms. The van der Waals surface area contributed by atoms with Crippen LogP contribution in [0.15, 0.2) is 24.3 Å². The fourth-order valence-electron chi connectivity index (χ4n) is 1.31. The van der Waals surface area contributed by atoms with Gasteiger partial charge in [-0.1, -0.05) is 24.3 Å². The molecule has 14 heavy (non-hydrogen) atoms. The Morgan fingerprint density at radius 2 is 1.64 bits per heavy atom. The minimum absolute atomic E-state index is 0.118. The zero-order chi connectivity index (χ0) is 11.0. The molecule has 0 aliphatic rings. The van der Waals surface area contributed by atoms with Crippen molar-refractivity contribution in [3.8, 4) is 0 Å². The molecule has 0 radical (unpaired) electrons. The first-order chi connectivity index (χ1) is 6.27. The summed E-state index contributed by atoms with van der Waals surface area (Å²) in [6.07, 6.45) is -4.43. The van der Waals surface area contributed by atoms with Crippen molar-refractivity contribution < 1.29 is 13.2 Å². The average Bonchev–Trinajstić information content (AvgIpc) is 2.02. The van der Waals surface area contributed by atoms with Crippen molar-refractivity contribution in [3.63, 3.8) is 0 Å².